The summed E-state index contributed by atoms with van der Waals surface area (Å²) in [6, 6.07) is 5.24. The lowest BCUT2D eigenvalue weighted by molar-refractivity contribution is 0.0622. The summed E-state index contributed by atoms with van der Waals surface area (Å²) >= 11 is 0. The first kappa shape index (κ1) is 11.2. The molecule has 0 amide bonds. The maximum Gasteiger partial charge on any atom is 0.314 e. The molecule has 1 fully saturated rings. The topological polar surface area (TPSA) is 85.9 Å². The van der Waals surface area contributed by atoms with Crippen molar-refractivity contribution >= 4 is 11.0 Å². The van der Waals surface area contributed by atoms with E-state index in [0.717, 1.165) is 18.4 Å². The van der Waals surface area contributed by atoms with Crippen molar-refractivity contribution in [3.63, 3.8) is 0 Å². The van der Waals surface area contributed by atoms with Crippen molar-refractivity contribution in [2.24, 2.45) is 5.92 Å². The molecule has 5 nitrogen and oxygen atoms in total. The van der Waals surface area contributed by atoms with Crippen LogP contribution in [0.2, 0.25) is 0 Å². The van der Waals surface area contributed by atoms with Gasteiger partial charge in [0.05, 0.1) is 17.1 Å². The highest BCUT2D eigenvalue weighted by Gasteiger charge is 2.26. The minimum Gasteiger partial charge on any atom is -0.388 e. The second-order valence-electron chi connectivity index (χ2n) is 4.85. The molecule has 1 aliphatic rings. The molecular weight excluding hydrogens is 232 g/mol. The second kappa shape index (κ2) is 4.10. The molecular formula is C13H14N2O3. The fourth-order valence-corrected chi connectivity index (χ4v) is 2.34. The third-order valence-electron chi connectivity index (χ3n) is 3.68. The van der Waals surface area contributed by atoms with Gasteiger partial charge in [0.15, 0.2) is 0 Å². The van der Waals surface area contributed by atoms with E-state index in [0.29, 0.717) is 17.0 Å². The van der Waals surface area contributed by atoms with Crippen LogP contribution in [0.5, 0.6) is 0 Å². The molecule has 1 aromatic carbocycles. The summed E-state index contributed by atoms with van der Waals surface area (Å²) in [6.45, 7) is 0. The minimum atomic E-state index is -0.669. The van der Waals surface area contributed by atoms with Gasteiger partial charge in [-0.05, 0) is 36.5 Å². The van der Waals surface area contributed by atoms with E-state index in [-0.39, 0.29) is 0 Å². The number of rotatable bonds is 2. The number of aliphatic hydroxyl groups is 1. The molecule has 94 valence electrons. The second-order valence-corrected chi connectivity index (χ2v) is 4.85. The van der Waals surface area contributed by atoms with E-state index in [1.165, 1.54) is 6.42 Å². The number of aromatic amines is 2. The zero-order valence-electron chi connectivity index (χ0n) is 9.77. The van der Waals surface area contributed by atoms with Crippen molar-refractivity contribution in [1.29, 1.82) is 0 Å². The van der Waals surface area contributed by atoms with Gasteiger partial charge in [-0.3, -0.25) is 9.59 Å². The molecule has 0 radical (unpaired) electrons. The van der Waals surface area contributed by atoms with Crippen LogP contribution in [0, 0.1) is 5.92 Å². The molecule has 5 heteroatoms. The maximum atomic E-state index is 11.3. The van der Waals surface area contributed by atoms with Gasteiger partial charge in [0.2, 0.25) is 0 Å². The Kier molecular flexibility index (Phi) is 2.56. The highest BCUT2D eigenvalue weighted by Crippen LogP contribution is 2.37. The van der Waals surface area contributed by atoms with Gasteiger partial charge in [0, 0.05) is 0 Å². The summed E-state index contributed by atoms with van der Waals surface area (Å²) < 4.78 is 0. The van der Waals surface area contributed by atoms with Gasteiger partial charge >= 0.3 is 11.1 Å². The van der Waals surface area contributed by atoms with Gasteiger partial charge in [0.25, 0.3) is 0 Å². The molecule has 18 heavy (non-hydrogen) atoms. The predicted octanol–water partition coefficient (Wildman–Crippen LogP) is 1.05. The number of hydrogen-bond acceptors (Lipinski definition) is 3. The van der Waals surface area contributed by atoms with Crippen LogP contribution in [0.1, 0.15) is 30.9 Å². The minimum absolute atomic E-state index is 0.317. The smallest absolute Gasteiger partial charge is 0.314 e. The maximum absolute atomic E-state index is 11.3. The SMILES string of the molecule is O=c1[nH]c2ccc(C(O)C3CCC3)cc2[nH]c1=O. The van der Waals surface area contributed by atoms with Crippen LogP contribution in [-0.2, 0) is 0 Å². The largest absolute Gasteiger partial charge is 0.388 e. The van der Waals surface area contributed by atoms with Crippen LogP contribution in [-0.4, -0.2) is 15.1 Å². The molecule has 1 heterocycles. The van der Waals surface area contributed by atoms with E-state index in [9.17, 15) is 14.7 Å². The standard InChI is InChI=1S/C13H14N2O3/c16-11(7-2-1-3-7)8-4-5-9-10(6-8)15-13(18)12(17)14-9/h4-7,11,16H,1-3H2,(H,14,17)(H,15,18). The van der Waals surface area contributed by atoms with Crippen molar-refractivity contribution in [3.05, 3.63) is 44.5 Å². The molecule has 0 aliphatic heterocycles. The van der Waals surface area contributed by atoms with Crippen LogP contribution in [0.15, 0.2) is 27.8 Å². The van der Waals surface area contributed by atoms with Gasteiger partial charge in [0.1, 0.15) is 0 Å². The fraction of sp³-hybridized carbons (Fsp3) is 0.385. The van der Waals surface area contributed by atoms with E-state index in [1.54, 1.807) is 18.2 Å². The summed E-state index contributed by atoms with van der Waals surface area (Å²) in [4.78, 5) is 27.4. The third-order valence-corrected chi connectivity index (χ3v) is 3.68. The molecule has 1 saturated carbocycles. The lowest BCUT2D eigenvalue weighted by atomic mass is 9.79. The van der Waals surface area contributed by atoms with Gasteiger partial charge in [-0.1, -0.05) is 12.5 Å². The molecule has 1 atom stereocenters. The van der Waals surface area contributed by atoms with Crippen molar-refractivity contribution in [3.8, 4) is 0 Å². The summed E-state index contributed by atoms with van der Waals surface area (Å²) in [5.41, 5.74) is 0.585. The first-order valence-corrected chi connectivity index (χ1v) is 6.09. The quantitative estimate of drug-likeness (QED) is 0.692. The van der Waals surface area contributed by atoms with Crippen LogP contribution in [0.25, 0.3) is 11.0 Å². The van der Waals surface area contributed by atoms with Gasteiger partial charge in [-0.2, -0.15) is 0 Å². The Morgan fingerprint density at radius 3 is 2.39 bits per heavy atom. The number of benzene rings is 1. The van der Waals surface area contributed by atoms with E-state index in [1.807, 2.05) is 0 Å². The molecule has 1 aromatic heterocycles. The number of fused-ring (bicyclic) bond motifs is 1. The Labute approximate surface area is 102 Å². The third kappa shape index (κ3) is 1.76. The summed E-state index contributed by atoms with van der Waals surface area (Å²) in [7, 11) is 0. The Morgan fingerprint density at radius 2 is 1.78 bits per heavy atom. The summed E-state index contributed by atoms with van der Waals surface area (Å²) in [6.07, 6.45) is 2.76. The number of hydrogen-bond donors (Lipinski definition) is 3. The zero-order valence-corrected chi connectivity index (χ0v) is 9.77. The average Bonchev–Trinajstić information content (AvgIpc) is 2.27. The monoisotopic (exact) mass is 246 g/mol. The molecule has 0 bridgehead atoms. The average molecular weight is 246 g/mol. The van der Waals surface area contributed by atoms with Crippen LogP contribution >= 0.6 is 0 Å². The Hall–Kier alpha value is -1.88. The van der Waals surface area contributed by atoms with Crippen molar-refractivity contribution < 1.29 is 5.11 Å². The lowest BCUT2D eigenvalue weighted by Crippen LogP contribution is -2.29. The molecule has 3 N–H and O–H groups in total. The van der Waals surface area contributed by atoms with E-state index in [4.69, 9.17) is 0 Å². The normalized spacial score (nSPS) is 17.6. The van der Waals surface area contributed by atoms with Crippen molar-refractivity contribution in [1.82, 2.24) is 9.97 Å². The predicted molar refractivity (Wildman–Crippen MR) is 67.5 cm³/mol. The summed E-state index contributed by atoms with van der Waals surface area (Å²) in [5.74, 6) is 0.317. The van der Waals surface area contributed by atoms with E-state index < -0.39 is 17.2 Å². The Morgan fingerprint density at radius 1 is 1.11 bits per heavy atom. The molecule has 2 aromatic rings. The molecule has 0 saturated heterocycles. The molecule has 0 spiro atoms. The van der Waals surface area contributed by atoms with Gasteiger partial charge in [-0.25, -0.2) is 0 Å². The molecule has 1 aliphatic carbocycles. The van der Waals surface area contributed by atoms with Crippen LogP contribution in [0.3, 0.4) is 0 Å². The van der Waals surface area contributed by atoms with Crippen molar-refractivity contribution in [2.75, 3.05) is 0 Å². The lowest BCUT2D eigenvalue weighted by Gasteiger charge is -2.30. The molecule has 1 unspecified atom stereocenters. The van der Waals surface area contributed by atoms with Gasteiger partial charge in [-0.15, -0.1) is 0 Å². The van der Waals surface area contributed by atoms with Gasteiger partial charge < -0.3 is 15.1 Å². The number of H-pyrrole nitrogens is 2. The number of aromatic nitrogens is 2. The van der Waals surface area contributed by atoms with E-state index in [2.05, 4.69) is 9.97 Å². The van der Waals surface area contributed by atoms with Crippen molar-refractivity contribution in [2.45, 2.75) is 25.4 Å². The first-order valence-electron chi connectivity index (χ1n) is 6.09. The molecule has 3 rings (SSSR count). The summed E-state index contributed by atoms with van der Waals surface area (Å²) in [5, 5.41) is 10.2. The van der Waals surface area contributed by atoms with Crippen LogP contribution in [0.4, 0.5) is 0 Å². The zero-order chi connectivity index (χ0) is 12.7. The Balaban J connectivity index is 2.07. The highest BCUT2D eigenvalue weighted by molar-refractivity contribution is 5.74. The first-order chi connectivity index (χ1) is 8.65. The van der Waals surface area contributed by atoms with Crippen LogP contribution < -0.4 is 11.1 Å². The number of nitrogens with one attached hydrogen (secondary N) is 2. The fourth-order valence-electron chi connectivity index (χ4n) is 2.34. The Bertz CT molecular complexity index is 697. The number of aliphatic hydroxyl groups excluding tert-OH is 1. The van der Waals surface area contributed by atoms with E-state index >= 15 is 0 Å². The highest BCUT2D eigenvalue weighted by atomic mass is 16.3.